The first-order valence-corrected chi connectivity index (χ1v) is 8.57. The summed E-state index contributed by atoms with van der Waals surface area (Å²) in [6.07, 6.45) is 1.79. The van der Waals surface area contributed by atoms with E-state index >= 15 is 0 Å². The SMILES string of the molecule is CC(C)c1ccc2[nH]c(=O)c(CCNC(=O)c3ccc(=O)[nH]c3)cc2c1. The molecule has 1 aromatic carbocycles. The van der Waals surface area contributed by atoms with Crippen LogP contribution in [-0.2, 0) is 6.42 Å². The number of H-pyrrole nitrogens is 2. The molecule has 0 unspecified atom stereocenters. The first kappa shape index (κ1) is 17.7. The molecule has 0 saturated heterocycles. The number of hydrogen-bond acceptors (Lipinski definition) is 3. The number of fused-ring (bicyclic) bond motifs is 1. The maximum atomic E-state index is 12.2. The van der Waals surface area contributed by atoms with Crippen LogP contribution in [0.25, 0.3) is 10.9 Å². The zero-order valence-electron chi connectivity index (χ0n) is 14.8. The van der Waals surface area contributed by atoms with Crippen LogP contribution in [0.5, 0.6) is 0 Å². The van der Waals surface area contributed by atoms with E-state index in [1.807, 2.05) is 18.2 Å². The van der Waals surface area contributed by atoms with Gasteiger partial charge >= 0.3 is 0 Å². The molecule has 0 spiro atoms. The van der Waals surface area contributed by atoms with E-state index in [1.165, 1.54) is 23.9 Å². The molecule has 0 bridgehead atoms. The number of carbonyl (C=O) groups excluding carboxylic acids is 1. The predicted molar refractivity (Wildman–Crippen MR) is 102 cm³/mol. The van der Waals surface area contributed by atoms with Gasteiger partial charge in [-0.1, -0.05) is 19.9 Å². The molecule has 6 nitrogen and oxygen atoms in total. The molecule has 3 N–H and O–H groups in total. The van der Waals surface area contributed by atoms with Gasteiger partial charge in [0.05, 0.1) is 5.56 Å². The highest BCUT2D eigenvalue weighted by Gasteiger charge is 2.08. The quantitative estimate of drug-likeness (QED) is 0.658. The Morgan fingerprint density at radius 2 is 1.92 bits per heavy atom. The minimum atomic E-state index is -0.291. The van der Waals surface area contributed by atoms with Gasteiger partial charge in [-0.3, -0.25) is 14.4 Å². The maximum Gasteiger partial charge on any atom is 0.252 e. The normalized spacial score (nSPS) is 11.0. The van der Waals surface area contributed by atoms with Gasteiger partial charge in [0.1, 0.15) is 0 Å². The van der Waals surface area contributed by atoms with E-state index in [0.29, 0.717) is 30.0 Å². The Balaban J connectivity index is 1.72. The number of carbonyl (C=O) groups is 1. The van der Waals surface area contributed by atoms with Gasteiger partial charge in [0, 0.05) is 29.9 Å². The Labute approximate surface area is 150 Å². The number of amides is 1. The summed E-state index contributed by atoms with van der Waals surface area (Å²) >= 11 is 0. The van der Waals surface area contributed by atoms with Crippen molar-refractivity contribution in [2.45, 2.75) is 26.2 Å². The first-order valence-electron chi connectivity index (χ1n) is 8.57. The molecule has 1 amide bonds. The summed E-state index contributed by atoms with van der Waals surface area (Å²) in [4.78, 5) is 40.7. The van der Waals surface area contributed by atoms with Gasteiger partial charge in [-0.25, -0.2) is 0 Å². The molecule has 0 aliphatic rings. The fourth-order valence-corrected chi connectivity index (χ4v) is 2.78. The molecule has 0 aliphatic heterocycles. The van der Waals surface area contributed by atoms with E-state index in [9.17, 15) is 14.4 Å². The second-order valence-electron chi connectivity index (χ2n) is 6.57. The fraction of sp³-hybridized carbons (Fsp3) is 0.250. The van der Waals surface area contributed by atoms with Gasteiger partial charge in [-0.2, -0.15) is 0 Å². The van der Waals surface area contributed by atoms with Gasteiger partial charge in [0.2, 0.25) is 5.56 Å². The minimum Gasteiger partial charge on any atom is -0.352 e. The molecule has 0 aliphatic carbocycles. The Hall–Kier alpha value is -3.15. The number of nitrogens with one attached hydrogen (secondary N) is 3. The number of rotatable bonds is 5. The largest absolute Gasteiger partial charge is 0.352 e. The van der Waals surface area contributed by atoms with Gasteiger partial charge in [0.15, 0.2) is 0 Å². The Kier molecular flexibility index (Phi) is 5.02. The monoisotopic (exact) mass is 351 g/mol. The molecule has 3 aromatic rings. The molecule has 26 heavy (non-hydrogen) atoms. The average molecular weight is 351 g/mol. The molecule has 0 saturated carbocycles. The second-order valence-corrected chi connectivity index (χ2v) is 6.57. The Morgan fingerprint density at radius 1 is 1.12 bits per heavy atom. The standard InChI is InChI=1S/C20H21N3O3/c1-12(2)13-3-5-17-16(9-13)10-14(20(26)23-17)7-8-21-19(25)15-4-6-18(24)22-11-15/h3-6,9-12H,7-8H2,1-2H3,(H,21,25)(H,22,24)(H,23,26). The minimum absolute atomic E-state index is 0.145. The van der Waals surface area contributed by atoms with Crippen molar-refractivity contribution in [2.75, 3.05) is 6.54 Å². The lowest BCUT2D eigenvalue weighted by atomic mass is 10.0. The van der Waals surface area contributed by atoms with Gasteiger partial charge in [-0.05, 0) is 47.6 Å². The lowest BCUT2D eigenvalue weighted by Crippen LogP contribution is -2.28. The molecule has 134 valence electrons. The maximum absolute atomic E-state index is 12.2. The van der Waals surface area contributed by atoms with Crippen LogP contribution in [0.3, 0.4) is 0 Å². The average Bonchev–Trinajstić information content (AvgIpc) is 2.62. The third-order valence-corrected chi connectivity index (χ3v) is 4.34. The van der Waals surface area contributed by atoms with E-state index in [4.69, 9.17) is 0 Å². The van der Waals surface area contributed by atoms with E-state index in [-0.39, 0.29) is 17.0 Å². The van der Waals surface area contributed by atoms with E-state index in [2.05, 4.69) is 35.2 Å². The van der Waals surface area contributed by atoms with E-state index in [1.54, 1.807) is 0 Å². The van der Waals surface area contributed by atoms with Crippen LogP contribution >= 0.6 is 0 Å². The van der Waals surface area contributed by atoms with Crippen molar-refractivity contribution in [3.63, 3.8) is 0 Å². The first-order chi connectivity index (χ1) is 12.4. The van der Waals surface area contributed by atoms with E-state index < -0.39 is 0 Å². The zero-order valence-corrected chi connectivity index (χ0v) is 14.8. The van der Waals surface area contributed by atoms with Crippen LogP contribution in [0, 0.1) is 0 Å². The van der Waals surface area contributed by atoms with Crippen molar-refractivity contribution in [3.05, 3.63) is 80.0 Å². The fourth-order valence-electron chi connectivity index (χ4n) is 2.78. The van der Waals surface area contributed by atoms with Crippen LogP contribution in [0.1, 0.15) is 41.3 Å². The molecule has 0 atom stereocenters. The summed E-state index contributed by atoms with van der Waals surface area (Å²) in [7, 11) is 0. The van der Waals surface area contributed by atoms with Crippen molar-refractivity contribution in [1.82, 2.24) is 15.3 Å². The van der Waals surface area contributed by atoms with Crippen molar-refractivity contribution in [1.29, 1.82) is 0 Å². The van der Waals surface area contributed by atoms with Crippen molar-refractivity contribution in [3.8, 4) is 0 Å². The highest BCUT2D eigenvalue weighted by atomic mass is 16.2. The van der Waals surface area contributed by atoms with Crippen LogP contribution < -0.4 is 16.4 Å². The highest BCUT2D eigenvalue weighted by molar-refractivity contribution is 5.93. The summed E-state index contributed by atoms with van der Waals surface area (Å²) in [5.41, 5.74) is 2.61. The third kappa shape index (κ3) is 3.91. The summed E-state index contributed by atoms with van der Waals surface area (Å²) in [6.45, 7) is 4.58. The summed E-state index contributed by atoms with van der Waals surface area (Å²) < 4.78 is 0. The Morgan fingerprint density at radius 3 is 2.62 bits per heavy atom. The molecular formula is C20H21N3O3. The van der Waals surface area contributed by atoms with Crippen LogP contribution in [0.2, 0.25) is 0 Å². The van der Waals surface area contributed by atoms with E-state index in [0.717, 1.165) is 10.9 Å². The van der Waals surface area contributed by atoms with Gasteiger partial charge in [0.25, 0.3) is 11.5 Å². The van der Waals surface area contributed by atoms with Crippen molar-refractivity contribution >= 4 is 16.8 Å². The highest BCUT2D eigenvalue weighted by Crippen LogP contribution is 2.20. The lowest BCUT2D eigenvalue weighted by Gasteiger charge is -2.09. The van der Waals surface area contributed by atoms with Crippen LogP contribution in [0.4, 0.5) is 0 Å². The lowest BCUT2D eigenvalue weighted by molar-refractivity contribution is 0.0953. The molecule has 0 fully saturated rings. The molecule has 2 aromatic heterocycles. The molecular weight excluding hydrogens is 330 g/mol. The number of aromatic nitrogens is 2. The summed E-state index contributed by atoms with van der Waals surface area (Å²) in [5, 5.41) is 3.74. The number of hydrogen-bond donors (Lipinski definition) is 3. The molecule has 3 rings (SSSR count). The molecule has 6 heteroatoms. The third-order valence-electron chi connectivity index (χ3n) is 4.34. The van der Waals surface area contributed by atoms with Crippen LogP contribution in [0.15, 0.2) is 52.2 Å². The van der Waals surface area contributed by atoms with Gasteiger partial charge < -0.3 is 15.3 Å². The number of pyridine rings is 2. The Bertz CT molecular complexity index is 1040. The second kappa shape index (κ2) is 7.39. The molecule has 2 heterocycles. The molecule has 0 radical (unpaired) electrons. The zero-order chi connectivity index (χ0) is 18.7. The predicted octanol–water partition coefficient (Wildman–Crippen LogP) is 2.31. The van der Waals surface area contributed by atoms with Gasteiger partial charge in [-0.15, -0.1) is 0 Å². The topological polar surface area (TPSA) is 94.8 Å². The smallest absolute Gasteiger partial charge is 0.252 e. The van der Waals surface area contributed by atoms with Crippen LogP contribution in [-0.4, -0.2) is 22.4 Å². The van der Waals surface area contributed by atoms with Crippen molar-refractivity contribution < 1.29 is 4.79 Å². The summed E-state index contributed by atoms with van der Waals surface area (Å²) in [5.74, 6) is 0.118. The number of benzene rings is 1. The van der Waals surface area contributed by atoms with Crippen molar-refractivity contribution in [2.24, 2.45) is 0 Å². The number of aromatic amines is 2. The summed E-state index contributed by atoms with van der Waals surface area (Å²) in [6, 6.07) is 10.7.